The highest BCUT2D eigenvalue weighted by Crippen LogP contribution is 2.58. The van der Waals surface area contributed by atoms with Crippen molar-refractivity contribution in [2.24, 2.45) is 94.5 Å². The molecule has 15 heterocycles. The van der Waals surface area contributed by atoms with Gasteiger partial charge in [0.2, 0.25) is 0 Å². The van der Waals surface area contributed by atoms with E-state index in [0.717, 1.165) is 270 Å². The average Bonchev–Trinajstić information content (AvgIpc) is 1.58. The van der Waals surface area contributed by atoms with E-state index in [9.17, 15) is 39.2 Å². The molecule has 21 rings (SSSR count). The molecule has 0 unspecified atom stereocenters. The first kappa shape index (κ1) is 104. The Morgan fingerprint density at radius 1 is 0.377 bits per heavy atom. The number of pyridine rings is 3. The molecule has 0 saturated carbocycles. The van der Waals surface area contributed by atoms with E-state index < -0.39 is 13.1 Å². The number of halogens is 3. The molecule has 0 saturated heterocycles. The van der Waals surface area contributed by atoms with E-state index in [1.165, 1.54) is 75.5 Å². The quantitative estimate of drug-likeness (QED) is 0.0531. The van der Waals surface area contributed by atoms with Gasteiger partial charge < -0.3 is 66.3 Å². The number of aliphatic carboxylic acids is 1. The van der Waals surface area contributed by atoms with Gasteiger partial charge in [-0.25, -0.2) is 39.1 Å². The molecule has 24 bridgehead atoms. The zero-order valence-corrected chi connectivity index (χ0v) is 91.0. The summed E-state index contributed by atoms with van der Waals surface area (Å²) < 4.78 is 29.7. The van der Waals surface area contributed by atoms with Crippen LogP contribution in [0.2, 0.25) is 0 Å². The van der Waals surface area contributed by atoms with Gasteiger partial charge in [0.05, 0.1) is 108 Å². The fourth-order valence-electron chi connectivity index (χ4n) is 25.0. The van der Waals surface area contributed by atoms with Gasteiger partial charge in [0.1, 0.15) is 31.4 Å². The third kappa shape index (κ3) is 18.5. The Balaban J connectivity index is 0.000000154. The van der Waals surface area contributed by atoms with Crippen molar-refractivity contribution in [3.05, 3.63) is 346 Å². The molecule has 0 radical (unpaired) electrons. The number of carboxylic acids is 1. The maximum Gasteiger partial charge on any atom is 0.305 e. The predicted octanol–water partition coefficient (Wildman–Crippen LogP) is 19.9. The molecule has 3 aromatic rings. The Morgan fingerprint density at radius 2 is 0.637 bits per heavy atom. The number of ether oxygens (including phenoxy) is 2. The smallest absolute Gasteiger partial charge is 0.305 e. The van der Waals surface area contributed by atoms with Crippen LogP contribution in [0.15, 0.2) is 374 Å². The number of carbonyl (C=O) groups excluding carboxylic acids is 2. The summed E-state index contributed by atoms with van der Waals surface area (Å²) in [6, 6.07) is 12.6. The first-order valence-corrected chi connectivity index (χ1v) is 51.3. The molecule has 6 atom stereocenters. The Kier molecular flexibility index (Phi) is 30.6. The van der Waals surface area contributed by atoms with Crippen molar-refractivity contribution < 1.29 is 95.6 Å². The SMILES string of the molecule is CCC1=C(C)C2=NC1=CC1=C(C)C3=C(O)CC(=C3C1)C1=NC(=C(c3cc[n+](C)cc3)C3=NC(=C2)C(CC)=C3C)[C@@H](C)[C@@H]1CCC(=O)O.CCC1=C(C)C2=NC1=CC1=C(C)C3=C(O)CC(=C3C1)C1=NC(=C(c3cc[n+](C)cc3)C3=NC(=C2)C(CC)=C3C)[C@@H](C)[C@@H]1CCC(=O)OC.CCC1=C(C)C2=NC1=CC1=C(C)C3=C(O)CC(=C3C1)C1=NC(=C(c3ccncc3)C3=NC(=C2)C(CC)=C3C)[C@@H](C)[C@@H]1CCC(=O)OC.[2H]CF.[Cl-].[I-]. The van der Waals surface area contributed by atoms with Crippen LogP contribution in [0.25, 0.3) is 16.7 Å². The number of alkyl halides is 1. The van der Waals surface area contributed by atoms with Gasteiger partial charge in [-0.05, 0) is 338 Å². The highest BCUT2D eigenvalue weighted by molar-refractivity contribution is 6.37. The molecule has 18 aliphatic rings. The lowest BCUT2D eigenvalue weighted by molar-refractivity contribution is -0.671. The summed E-state index contributed by atoms with van der Waals surface area (Å²) in [4.78, 5) is 89.6. The number of methoxy groups -OCH3 is 2. The second kappa shape index (κ2) is 42.8. The van der Waals surface area contributed by atoms with Gasteiger partial charge in [-0.2, -0.15) is 0 Å². The van der Waals surface area contributed by atoms with E-state index in [0.29, 0.717) is 81.5 Å². The number of aliphatic hydroxyl groups excluding tert-OH is 3. The zero-order valence-electron chi connectivity index (χ0n) is 89.1. The van der Waals surface area contributed by atoms with Crippen molar-refractivity contribution in [1.29, 1.82) is 0 Å². The van der Waals surface area contributed by atoms with Gasteiger partial charge in [-0.1, -0.05) is 62.3 Å². The van der Waals surface area contributed by atoms with Crippen molar-refractivity contribution in [3.8, 4) is 0 Å². The number of hydrogen-bond donors (Lipinski definition) is 4. The number of aromatic nitrogens is 3. The van der Waals surface area contributed by atoms with E-state index in [-0.39, 0.29) is 90.3 Å². The van der Waals surface area contributed by atoms with E-state index in [1.807, 2.05) is 60.1 Å². The normalized spacial score (nSPS) is 23.1. The number of hydrogen-bond acceptors (Lipinski definition) is 18. The Hall–Kier alpha value is -13.0. The van der Waals surface area contributed by atoms with Gasteiger partial charge >= 0.3 is 17.9 Å². The lowest BCUT2D eigenvalue weighted by Gasteiger charge is -2.21. The van der Waals surface area contributed by atoms with Crippen LogP contribution in [0.1, 0.15) is 258 Å². The monoisotopic (exact) mass is 2090 g/mol. The molecule has 0 spiro atoms. The van der Waals surface area contributed by atoms with Crippen molar-refractivity contribution in [2.45, 2.75) is 240 Å². The van der Waals surface area contributed by atoms with Crippen LogP contribution in [-0.2, 0) is 38.0 Å². The number of aryl methyl sites for hydroxylation is 2. The molecule has 0 aromatic carbocycles. The molecular formula is C122H133ClFIN12O9. The summed E-state index contributed by atoms with van der Waals surface area (Å²) in [5, 5.41) is 44.2. The number of aliphatic imine (C=N–C) groups is 9. The Bertz CT molecular complexity index is 7410. The maximum absolute atomic E-state index is 12.5. The maximum atomic E-state index is 12.5. The van der Waals surface area contributed by atoms with E-state index in [1.54, 1.807) is 0 Å². The molecule has 146 heavy (non-hydrogen) atoms. The largest absolute Gasteiger partial charge is 1.00 e. The van der Waals surface area contributed by atoms with Gasteiger partial charge in [-0.15, -0.1) is 0 Å². The average molecular weight is 2090 g/mol. The van der Waals surface area contributed by atoms with E-state index in [4.69, 9.17) is 55.8 Å². The molecular weight excluding hydrogens is 1960 g/mol. The van der Waals surface area contributed by atoms with Crippen molar-refractivity contribution in [2.75, 3.05) is 21.4 Å². The van der Waals surface area contributed by atoms with Crippen LogP contribution < -0.4 is 45.5 Å². The first-order valence-electron chi connectivity index (χ1n) is 52.0. The lowest BCUT2D eigenvalue weighted by atomic mass is 9.80. The number of allylic oxidation sites excluding steroid dienone is 39. The van der Waals surface area contributed by atoms with Gasteiger partial charge in [0.15, 0.2) is 24.8 Å². The molecule has 3 aromatic heterocycles. The number of esters is 2. The summed E-state index contributed by atoms with van der Waals surface area (Å²) >= 11 is 0. The predicted molar refractivity (Wildman–Crippen MR) is 574 cm³/mol. The van der Waals surface area contributed by atoms with Gasteiger partial charge in [0.25, 0.3) is 0 Å². The van der Waals surface area contributed by atoms with E-state index in [2.05, 4.69) is 203 Å². The van der Waals surface area contributed by atoms with Crippen molar-refractivity contribution in [1.82, 2.24) is 4.98 Å². The van der Waals surface area contributed by atoms with E-state index >= 15 is 0 Å². The second-order valence-electron chi connectivity index (χ2n) is 40.5. The Labute approximate surface area is 882 Å². The summed E-state index contributed by atoms with van der Waals surface area (Å²) in [5.74, 6) is -0.288. The first-order chi connectivity index (χ1) is 69.6. The van der Waals surface area contributed by atoms with Crippen LogP contribution in [0, 0.1) is 35.5 Å². The molecule has 0 fully saturated rings. The minimum atomic E-state index is -1.00. The fraction of sp³-hybridized carbons (Fsp3) is 0.385. The standard InChI is InChI=1S/C41H44N4O3.2C40H42N4O3.CH3F.ClH.HI/c1-9-27-22(4)32-20-34-28(10-2)23(5)39(43-34)38(25-13-15-45(7)16-14-25)40-24(6)29(11-12-36(47)48-8)41(44-40)31-19-35(46)37-21(3)26(17-30(31)37)18-33(27)42-32;1-8-26-21(4)31-19-33-27(9-2)22(5)38(42-33)37(24-12-14-44(7)15-13-24)39-23(6)28(10-11-35(46)47)40(43-39)30-18-34(45)36-20(3)25(16-29(30)36)17-32(26)41-31;1-8-26-21(4)31-19-33-27(9-2)22(5)38(43-33)37(24-12-14-41-15-13-24)39-23(6)28(10-11-35(46)47-7)40(44-39)30-18-34(45)36-20(3)25(16-29(30)36)17-32(26)42-31;1-2;;/h13-16,18,20,24,29H,9-12,17,19H2,1-8H3;12-15,17,19,23,28H,8-11,16,18H2,1-7H3,(H,46,47);12-15,17,19,23,28,45H,8-11,16,18H2,1-7H3;1H3;2*1H/t24-,29-;2*23-,28-;;;/m000.../s1/i;;;1D;;. The summed E-state index contributed by atoms with van der Waals surface area (Å²) in [6.07, 6.45) is 35.9. The van der Waals surface area contributed by atoms with Crippen LogP contribution in [-0.4, -0.2) is 116 Å². The molecule has 4 N–H and O–H groups in total. The van der Waals surface area contributed by atoms with Crippen LogP contribution in [0.3, 0.4) is 0 Å². The summed E-state index contributed by atoms with van der Waals surface area (Å²) in [6.45, 7) is 39.1. The topological polar surface area (TPSA) is 282 Å². The molecule has 756 valence electrons. The van der Waals surface area contributed by atoms with Crippen molar-refractivity contribution >= 4 is 86.0 Å². The third-order valence-electron chi connectivity index (χ3n) is 32.9. The number of rotatable bonds is 18. The zero-order chi connectivity index (χ0) is 103. The van der Waals surface area contributed by atoms with Gasteiger partial charge in [0, 0.05) is 161 Å². The summed E-state index contributed by atoms with van der Waals surface area (Å²) in [5.41, 5.74) is 53.8. The minimum absolute atomic E-state index is 0. The van der Waals surface area contributed by atoms with Crippen molar-refractivity contribution in [3.63, 3.8) is 0 Å². The highest BCUT2D eigenvalue weighted by Gasteiger charge is 2.49. The van der Waals surface area contributed by atoms with Crippen LogP contribution >= 0.6 is 0 Å². The highest BCUT2D eigenvalue weighted by atomic mass is 127. The second-order valence-corrected chi connectivity index (χ2v) is 40.5. The molecule has 6 aliphatic carbocycles. The lowest BCUT2D eigenvalue weighted by Crippen LogP contribution is -3.00. The number of aliphatic hydroxyl groups is 3. The Morgan fingerprint density at radius 3 is 0.904 bits per heavy atom. The number of carboxylic acid groups (broad SMARTS) is 1. The molecule has 21 nitrogen and oxygen atoms in total. The summed E-state index contributed by atoms with van der Waals surface area (Å²) in [7, 11) is 5.92. The number of fused-ring (bicyclic) bond motifs is 15. The van der Waals surface area contributed by atoms with Gasteiger partial charge in [-0.3, -0.25) is 38.7 Å². The number of carbonyl (C=O) groups is 3. The fourth-order valence-corrected chi connectivity index (χ4v) is 25.0. The third-order valence-corrected chi connectivity index (χ3v) is 32.9. The number of nitrogens with zero attached hydrogens (tertiary/aromatic N) is 12. The van der Waals surface area contributed by atoms with Crippen LogP contribution in [0.4, 0.5) is 4.39 Å². The minimum Gasteiger partial charge on any atom is -1.00 e. The molecule has 12 aliphatic heterocycles. The molecule has 24 heteroatoms. The van der Waals surface area contributed by atoms with Crippen LogP contribution in [0.5, 0.6) is 0 Å². The molecule has 0 amide bonds.